The van der Waals surface area contributed by atoms with Crippen LogP contribution in [0.15, 0.2) is 16.6 Å². The number of rotatable bonds is 3. The second-order valence-corrected chi connectivity index (χ2v) is 3.56. The van der Waals surface area contributed by atoms with E-state index >= 15 is 0 Å². The van der Waals surface area contributed by atoms with Crippen LogP contribution >= 0.6 is 27.5 Å². The molecule has 0 aromatic heterocycles. The van der Waals surface area contributed by atoms with E-state index in [0.29, 0.717) is 5.88 Å². The lowest BCUT2D eigenvalue weighted by atomic mass is 10.2. The standard InChI is InChI=1S/C9H10BrClO2/c1-12-7-3-6(5-11)9(13-2)8(10)4-7/h3-4H,5H2,1-2H3. The Bertz CT molecular complexity index is 302. The summed E-state index contributed by atoms with van der Waals surface area (Å²) >= 11 is 9.13. The van der Waals surface area contributed by atoms with Crippen LogP contribution in [0.2, 0.25) is 0 Å². The van der Waals surface area contributed by atoms with Crippen molar-refractivity contribution in [3.05, 3.63) is 22.2 Å². The second kappa shape index (κ2) is 4.72. The lowest BCUT2D eigenvalue weighted by Gasteiger charge is -2.10. The van der Waals surface area contributed by atoms with Gasteiger partial charge in [-0.2, -0.15) is 0 Å². The Morgan fingerprint density at radius 3 is 2.46 bits per heavy atom. The van der Waals surface area contributed by atoms with Crippen molar-refractivity contribution in [1.82, 2.24) is 0 Å². The number of hydrogen-bond donors (Lipinski definition) is 0. The Balaban J connectivity index is 3.20. The third-order valence-corrected chi connectivity index (χ3v) is 2.55. The largest absolute Gasteiger partial charge is 0.497 e. The highest BCUT2D eigenvalue weighted by Crippen LogP contribution is 2.34. The molecule has 0 saturated heterocycles. The summed E-state index contributed by atoms with van der Waals surface area (Å²) in [6, 6.07) is 3.70. The smallest absolute Gasteiger partial charge is 0.137 e. The van der Waals surface area contributed by atoms with Crippen molar-refractivity contribution in [2.45, 2.75) is 5.88 Å². The zero-order chi connectivity index (χ0) is 9.84. The van der Waals surface area contributed by atoms with Crippen LogP contribution in [0.1, 0.15) is 5.56 Å². The van der Waals surface area contributed by atoms with Gasteiger partial charge in [0.25, 0.3) is 0 Å². The molecule has 0 N–H and O–H groups in total. The van der Waals surface area contributed by atoms with Gasteiger partial charge in [0.2, 0.25) is 0 Å². The topological polar surface area (TPSA) is 18.5 Å². The summed E-state index contributed by atoms with van der Waals surface area (Å²) < 4.78 is 11.1. The van der Waals surface area contributed by atoms with Gasteiger partial charge in [0.15, 0.2) is 0 Å². The molecule has 0 bridgehead atoms. The van der Waals surface area contributed by atoms with Crippen LogP contribution in [-0.4, -0.2) is 14.2 Å². The second-order valence-electron chi connectivity index (χ2n) is 2.44. The molecule has 0 atom stereocenters. The van der Waals surface area contributed by atoms with E-state index in [-0.39, 0.29) is 0 Å². The molecule has 4 heteroatoms. The van der Waals surface area contributed by atoms with E-state index in [2.05, 4.69) is 15.9 Å². The quantitative estimate of drug-likeness (QED) is 0.781. The van der Waals surface area contributed by atoms with Gasteiger partial charge in [-0.05, 0) is 28.1 Å². The van der Waals surface area contributed by atoms with Crippen LogP contribution in [0.25, 0.3) is 0 Å². The lowest BCUT2D eigenvalue weighted by Crippen LogP contribution is -1.93. The molecule has 1 aromatic carbocycles. The fraction of sp³-hybridized carbons (Fsp3) is 0.333. The van der Waals surface area contributed by atoms with Crippen molar-refractivity contribution in [2.24, 2.45) is 0 Å². The molecule has 0 aliphatic rings. The number of ether oxygens (including phenoxy) is 2. The first-order valence-electron chi connectivity index (χ1n) is 3.69. The monoisotopic (exact) mass is 264 g/mol. The third kappa shape index (κ3) is 2.29. The molecule has 0 spiro atoms. The van der Waals surface area contributed by atoms with Crippen LogP contribution < -0.4 is 9.47 Å². The molecule has 0 fully saturated rings. The summed E-state index contributed by atoms with van der Waals surface area (Å²) in [6.07, 6.45) is 0. The van der Waals surface area contributed by atoms with Crippen molar-refractivity contribution in [3.8, 4) is 11.5 Å². The average molecular weight is 266 g/mol. The van der Waals surface area contributed by atoms with E-state index in [1.54, 1.807) is 14.2 Å². The van der Waals surface area contributed by atoms with Gasteiger partial charge in [-0.3, -0.25) is 0 Å². The Morgan fingerprint density at radius 1 is 1.31 bits per heavy atom. The van der Waals surface area contributed by atoms with Gasteiger partial charge in [-0.25, -0.2) is 0 Å². The molecule has 0 aliphatic heterocycles. The minimum atomic E-state index is 0.402. The molecule has 0 radical (unpaired) electrons. The minimum absolute atomic E-state index is 0.402. The molecule has 2 nitrogen and oxygen atoms in total. The maximum atomic E-state index is 5.76. The maximum absolute atomic E-state index is 5.76. The number of halogens is 2. The fourth-order valence-corrected chi connectivity index (χ4v) is 1.91. The van der Waals surface area contributed by atoms with Gasteiger partial charge in [-0.15, -0.1) is 11.6 Å². The van der Waals surface area contributed by atoms with Gasteiger partial charge in [0.05, 0.1) is 24.6 Å². The summed E-state index contributed by atoms with van der Waals surface area (Å²) in [5, 5.41) is 0. The van der Waals surface area contributed by atoms with Crippen LogP contribution in [0.4, 0.5) is 0 Å². The average Bonchev–Trinajstić information content (AvgIpc) is 2.16. The Kier molecular flexibility index (Phi) is 3.88. The number of hydrogen-bond acceptors (Lipinski definition) is 2. The summed E-state index contributed by atoms with van der Waals surface area (Å²) in [7, 11) is 3.23. The Morgan fingerprint density at radius 2 is 2.00 bits per heavy atom. The van der Waals surface area contributed by atoms with E-state index in [9.17, 15) is 0 Å². The van der Waals surface area contributed by atoms with Crippen molar-refractivity contribution < 1.29 is 9.47 Å². The minimum Gasteiger partial charge on any atom is -0.497 e. The first-order valence-corrected chi connectivity index (χ1v) is 5.02. The number of benzene rings is 1. The van der Waals surface area contributed by atoms with E-state index in [1.807, 2.05) is 12.1 Å². The molecule has 0 unspecified atom stereocenters. The van der Waals surface area contributed by atoms with Crippen LogP contribution in [0, 0.1) is 0 Å². The molecule has 1 rings (SSSR count). The molecule has 0 aliphatic carbocycles. The highest BCUT2D eigenvalue weighted by Gasteiger charge is 2.08. The first-order chi connectivity index (χ1) is 6.22. The molecule has 0 heterocycles. The summed E-state index contributed by atoms with van der Waals surface area (Å²) in [4.78, 5) is 0. The zero-order valence-corrected chi connectivity index (χ0v) is 9.78. The van der Waals surface area contributed by atoms with E-state index in [4.69, 9.17) is 21.1 Å². The van der Waals surface area contributed by atoms with Gasteiger partial charge in [0.1, 0.15) is 11.5 Å². The van der Waals surface area contributed by atoms with Gasteiger partial charge < -0.3 is 9.47 Å². The van der Waals surface area contributed by atoms with E-state index in [1.165, 1.54) is 0 Å². The van der Waals surface area contributed by atoms with Crippen LogP contribution in [0.3, 0.4) is 0 Å². The van der Waals surface area contributed by atoms with Crippen molar-refractivity contribution in [3.63, 3.8) is 0 Å². The molecular weight excluding hydrogens is 255 g/mol. The van der Waals surface area contributed by atoms with Crippen LogP contribution in [0.5, 0.6) is 11.5 Å². The first kappa shape index (κ1) is 10.7. The Labute approximate surface area is 90.9 Å². The molecular formula is C9H10BrClO2. The predicted octanol–water partition coefficient (Wildman–Crippen LogP) is 3.21. The molecule has 1 aromatic rings. The number of alkyl halides is 1. The van der Waals surface area contributed by atoms with E-state index in [0.717, 1.165) is 21.5 Å². The molecule has 0 amide bonds. The third-order valence-electron chi connectivity index (χ3n) is 1.68. The summed E-state index contributed by atoms with van der Waals surface area (Å²) in [5.41, 5.74) is 0.912. The van der Waals surface area contributed by atoms with E-state index < -0.39 is 0 Å². The van der Waals surface area contributed by atoms with Crippen LogP contribution in [-0.2, 0) is 5.88 Å². The lowest BCUT2D eigenvalue weighted by molar-refractivity contribution is 0.397. The predicted molar refractivity (Wildman–Crippen MR) is 56.8 cm³/mol. The van der Waals surface area contributed by atoms with Crippen molar-refractivity contribution in [1.29, 1.82) is 0 Å². The normalized spacial score (nSPS) is 9.85. The Hall–Kier alpha value is -0.410. The summed E-state index contributed by atoms with van der Waals surface area (Å²) in [6.45, 7) is 0. The number of methoxy groups -OCH3 is 2. The summed E-state index contributed by atoms with van der Waals surface area (Å²) in [5.74, 6) is 1.93. The molecule has 0 saturated carbocycles. The van der Waals surface area contributed by atoms with Crippen molar-refractivity contribution >= 4 is 27.5 Å². The zero-order valence-electron chi connectivity index (χ0n) is 7.43. The SMILES string of the molecule is COc1cc(Br)c(OC)c(CCl)c1. The van der Waals surface area contributed by atoms with Gasteiger partial charge in [0, 0.05) is 5.56 Å². The molecule has 72 valence electrons. The maximum Gasteiger partial charge on any atom is 0.137 e. The molecule has 13 heavy (non-hydrogen) atoms. The van der Waals surface area contributed by atoms with Crippen molar-refractivity contribution in [2.75, 3.05) is 14.2 Å². The highest BCUT2D eigenvalue weighted by molar-refractivity contribution is 9.10. The van der Waals surface area contributed by atoms with Gasteiger partial charge >= 0.3 is 0 Å². The van der Waals surface area contributed by atoms with Gasteiger partial charge in [-0.1, -0.05) is 0 Å². The fourth-order valence-electron chi connectivity index (χ4n) is 1.07. The highest BCUT2D eigenvalue weighted by atomic mass is 79.9.